The van der Waals surface area contributed by atoms with Crippen molar-refractivity contribution in [3.8, 4) is 0 Å². The first-order valence-electron chi connectivity index (χ1n) is 6.47. The lowest BCUT2D eigenvalue weighted by Crippen LogP contribution is -1.75. The summed E-state index contributed by atoms with van der Waals surface area (Å²) in [6.07, 6.45) is 20.6. The molecule has 0 aliphatic carbocycles. The molecule has 87 valence electrons. The van der Waals surface area contributed by atoms with E-state index in [4.69, 9.17) is 0 Å². The summed E-state index contributed by atoms with van der Waals surface area (Å²) < 4.78 is 0. The lowest BCUT2D eigenvalue weighted by atomic mass is 10.1. The second kappa shape index (κ2) is 13.5. The van der Waals surface area contributed by atoms with Crippen molar-refractivity contribution in [3.05, 3.63) is 31.2 Å². The Balaban J connectivity index is 3.02. The molecule has 0 heterocycles. The van der Waals surface area contributed by atoms with Crippen LogP contribution in [0.2, 0.25) is 0 Å². The molecular weight excluding hydrogens is 180 g/mol. The summed E-state index contributed by atoms with van der Waals surface area (Å²) in [7, 11) is 0. The molecule has 0 aliphatic rings. The number of rotatable bonds is 10. The Labute approximate surface area is 96.5 Å². The molecule has 0 saturated carbocycles. The number of unbranched alkanes of at least 4 members (excludes halogenated alkanes) is 7. The lowest BCUT2D eigenvalue weighted by Gasteiger charge is -1.95. The van der Waals surface area contributed by atoms with Crippen molar-refractivity contribution in [2.24, 2.45) is 0 Å². The van der Waals surface area contributed by atoms with Gasteiger partial charge in [-0.2, -0.15) is 0 Å². The molecule has 0 spiro atoms. The maximum Gasteiger partial charge on any atom is -0.0351 e. The van der Waals surface area contributed by atoms with Gasteiger partial charge >= 0.3 is 0 Å². The van der Waals surface area contributed by atoms with Crippen LogP contribution < -0.4 is 0 Å². The maximum atomic E-state index is 3.84. The van der Waals surface area contributed by atoms with Crippen LogP contribution in [-0.2, 0) is 0 Å². The first-order valence-corrected chi connectivity index (χ1v) is 6.47. The van der Waals surface area contributed by atoms with Gasteiger partial charge < -0.3 is 0 Å². The lowest BCUT2D eigenvalue weighted by molar-refractivity contribution is 0.693. The van der Waals surface area contributed by atoms with Crippen LogP contribution >= 0.6 is 0 Å². The summed E-state index contributed by atoms with van der Waals surface area (Å²) in [6, 6.07) is 0. The Morgan fingerprint density at radius 1 is 0.733 bits per heavy atom. The summed E-state index contributed by atoms with van der Waals surface area (Å²) in [5.41, 5.74) is 0. The molecule has 0 aliphatic heterocycles. The van der Waals surface area contributed by atoms with Crippen LogP contribution in [0.15, 0.2) is 24.3 Å². The molecule has 0 aromatic carbocycles. The minimum atomic E-state index is 1.08. The second-order valence-corrected chi connectivity index (χ2v) is 4.03. The van der Waals surface area contributed by atoms with E-state index in [1.807, 2.05) is 0 Å². The van der Waals surface area contributed by atoms with E-state index in [1.165, 1.54) is 51.4 Å². The first kappa shape index (κ1) is 14.5. The number of hydrogen-bond acceptors (Lipinski definition) is 0. The van der Waals surface area contributed by atoms with Gasteiger partial charge in [-0.15, -0.1) is 0 Å². The van der Waals surface area contributed by atoms with Crippen LogP contribution in [0, 0.1) is 6.92 Å². The van der Waals surface area contributed by atoms with E-state index < -0.39 is 0 Å². The molecule has 0 saturated heterocycles. The third-order valence-electron chi connectivity index (χ3n) is 2.51. The van der Waals surface area contributed by atoms with Gasteiger partial charge in [0.05, 0.1) is 0 Å². The SMILES string of the molecule is [CH2]CCCCC=CCCCCCC=CC. The highest BCUT2D eigenvalue weighted by atomic mass is 13.9. The Bertz CT molecular complexity index is 153. The molecule has 0 rings (SSSR count). The van der Waals surface area contributed by atoms with E-state index in [-0.39, 0.29) is 0 Å². The zero-order valence-corrected chi connectivity index (χ0v) is 10.4. The highest BCUT2D eigenvalue weighted by Crippen LogP contribution is 2.05. The van der Waals surface area contributed by atoms with Crippen LogP contribution in [0.5, 0.6) is 0 Å². The normalized spacial score (nSPS) is 11.9. The molecule has 0 aromatic rings. The van der Waals surface area contributed by atoms with Gasteiger partial charge in [0.2, 0.25) is 0 Å². The minimum Gasteiger partial charge on any atom is -0.0917 e. The minimum absolute atomic E-state index is 1.08. The fourth-order valence-electron chi connectivity index (χ4n) is 1.54. The van der Waals surface area contributed by atoms with Crippen molar-refractivity contribution < 1.29 is 0 Å². The molecule has 0 heteroatoms. The molecule has 0 aromatic heterocycles. The number of hydrogen-bond donors (Lipinski definition) is 0. The summed E-state index contributed by atoms with van der Waals surface area (Å²) in [5.74, 6) is 0. The molecule has 0 unspecified atom stereocenters. The van der Waals surface area contributed by atoms with Crippen molar-refractivity contribution in [3.63, 3.8) is 0 Å². The van der Waals surface area contributed by atoms with Crippen molar-refractivity contribution in [1.82, 2.24) is 0 Å². The average Bonchev–Trinajstić information content (AvgIpc) is 2.26. The van der Waals surface area contributed by atoms with E-state index in [2.05, 4.69) is 38.2 Å². The smallest absolute Gasteiger partial charge is 0.0351 e. The second-order valence-electron chi connectivity index (χ2n) is 4.03. The first-order chi connectivity index (χ1) is 7.41. The highest BCUT2D eigenvalue weighted by molar-refractivity contribution is 4.81. The molecule has 0 bridgehead atoms. The molecule has 0 amide bonds. The summed E-state index contributed by atoms with van der Waals surface area (Å²) in [6.45, 7) is 5.93. The van der Waals surface area contributed by atoms with Crippen molar-refractivity contribution in [2.75, 3.05) is 0 Å². The van der Waals surface area contributed by atoms with E-state index >= 15 is 0 Å². The Morgan fingerprint density at radius 2 is 1.27 bits per heavy atom. The third kappa shape index (κ3) is 13.5. The van der Waals surface area contributed by atoms with Gasteiger partial charge in [0.25, 0.3) is 0 Å². The molecule has 0 nitrogen and oxygen atoms in total. The third-order valence-corrected chi connectivity index (χ3v) is 2.51. The monoisotopic (exact) mass is 207 g/mol. The van der Waals surface area contributed by atoms with Crippen molar-refractivity contribution >= 4 is 0 Å². The molecule has 15 heavy (non-hydrogen) atoms. The highest BCUT2D eigenvalue weighted by Gasteiger charge is 1.86. The summed E-state index contributed by atoms with van der Waals surface area (Å²) >= 11 is 0. The largest absolute Gasteiger partial charge is 0.0917 e. The van der Waals surface area contributed by atoms with Gasteiger partial charge in [-0.05, 0) is 45.4 Å². The van der Waals surface area contributed by atoms with Crippen LogP contribution in [0.3, 0.4) is 0 Å². The Morgan fingerprint density at radius 3 is 1.80 bits per heavy atom. The van der Waals surface area contributed by atoms with Gasteiger partial charge in [-0.25, -0.2) is 0 Å². The van der Waals surface area contributed by atoms with Gasteiger partial charge in [0.15, 0.2) is 0 Å². The van der Waals surface area contributed by atoms with Gasteiger partial charge in [-0.3, -0.25) is 0 Å². The standard InChI is InChI=1S/C15H27/c1-3-5-7-9-11-13-15-14-12-10-8-6-4-2/h4,6,11,13H,1,3,5,7-10,12,14-15H2,2H3. The van der Waals surface area contributed by atoms with Crippen molar-refractivity contribution in [1.29, 1.82) is 0 Å². The predicted octanol–water partition coefficient (Wildman–Crippen LogP) is 5.46. The molecule has 0 fully saturated rings. The molecule has 0 N–H and O–H groups in total. The van der Waals surface area contributed by atoms with Crippen molar-refractivity contribution in [2.45, 2.75) is 64.7 Å². The maximum absolute atomic E-state index is 3.84. The van der Waals surface area contributed by atoms with E-state index in [0.29, 0.717) is 0 Å². The van der Waals surface area contributed by atoms with Crippen LogP contribution in [0.1, 0.15) is 64.7 Å². The average molecular weight is 207 g/mol. The molecular formula is C15H27. The fraction of sp³-hybridized carbons (Fsp3) is 0.667. The predicted molar refractivity (Wildman–Crippen MR) is 70.9 cm³/mol. The molecule has 1 radical (unpaired) electrons. The fourth-order valence-corrected chi connectivity index (χ4v) is 1.54. The van der Waals surface area contributed by atoms with Gasteiger partial charge in [0.1, 0.15) is 0 Å². The van der Waals surface area contributed by atoms with E-state index in [1.54, 1.807) is 0 Å². The summed E-state index contributed by atoms with van der Waals surface area (Å²) in [5, 5.41) is 0. The quantitative estimate of drug-likeness (QED) is 0.329. The zero-order chi connectivity index (χ0) is 11.2. The van der Waals surface area contributed by atoms with Crippen LogP contribution in [0.25, 0.3) is 0 Å². The Hall–Kier alpha value is -0.520. The zero-order valence-electron chi connectivity index (χ0n) is 10.4. The van der Waals surface area contributed by atoms with E-state index in [0.717, 1.165) is 6.42 Å². The summed E-state index contributed by atoms with van der Waals surface area (Å²) in [4.78, 5) is 0. The van der Waals surface area contributed by atoms with Gasteiger partial charge in [0, 0.05) is 0 Å². The van der Waals surface area contributed by atoms with Crippen LogP contribution in [-0.4, -0.2) is 0 Å². The molecule has 0 atom stereocenters. The van der Waals surface area contributed by atoms with E-state index in [9.17, 15) is 0 Å². The van der Waals surface area contributed by atoms with Crippen LogP contribution in [0.4, 0.5) is 0 Å². The Kier molecular flexibility index (Phi) is 13.0. The topological polar surface area (TPSA) is 0 Å². The van der Waals surface area contributed by atoms with Gasteiger partial charge in [-0.1, -0.05) is 50.5 Å². The number of allylic oxidation sites excluding steroid dienone is 4.